The van der Waals surface area contributed by atoms with E-state index < -0.39 is 0 Å². The highest BCUT2D eigenvalue weighted by Gasteiger charge is 2.82. The van der Waals surface area contributed by atoms with E-state index in [2.05, 4.69) is 34.6 Å². The van der Waals surface area contributed by atoms with Crippen molar-refractivity contribution in [1.29, 1.82) is 0 Å². The van der Waals surface area contributed by atoms with Gasteiger partial charge in [0.05, 0.1) is 6.10 Å². The first-order valence-electron chi connectivity index (χ1n) is 13.7. The number of allylic oxidation sites excluding steroid dienone is 2. The lowest BCUT2D eigenvalue weighted by Crippen LogP contribution is -2.57. The molecule has 0 bridgehead atoms. The summed E-state index contributed by atoms with van der Waals surface area (Å²) in [5.74, 6) is 3.04. The summed E-state index contributed by atoms with van der Waals surface area (Å²) in [5, 5.41) is 10.8. The minimum Gasteiger partial charge on any atom is -0.393 e. The molecule has 0 aromatic carbocycles. The van der Waals surface area contributed by atoms with E-state index in [1.54, 1.807) is 0 Å². The molecule has 5 aliphatic carbocycles. The van der Waals surface area contributed by atoms with Crippen molar-refractivity contribution >= 4 is 5.78 Å². The molecule has 0 unspecified atom stereocenters. The number of fused-ring (bicyclic) bond motifs is 2. The van der Waals surface area contributed by atoms with Crippen LogP contribution in [-0.4, -0.2) is 17.0 Å². The molecule has 2 heteroatoms. The van der Waals surface area contributed by atoms with Crippen LogP contribution in [0.5, 0.6) is 0 Å². The largest absolute Gasteiger partial charge is 0.393 e. The third kappa shape index (κ3) is 2.71. The third-order valence-electron chi connectivity index (χ3n) is 12.8. The molecule has 0 amide bonds. The van der Waals surface area contributed by atoms with Gasteiger partial charge < -0.3 is 5.11 Å². The molecule has 2 spiro atoms. The van der Waals surface area contributed by atoms with Crippen LogP contribution in [0.2, 0.25) is 0 Å². The van der Waals surface area contributed by atoms with Crippen molar-refractivity contribution in [1.82, 2.24) is 0 Å². The number of carbonyl (C=O) groups is 1. The van der Waals surface area contributed by atoms with Gasteiger partial charge in [-0.05, 0) is 128 Å². The number of rotatable bonds is 4. The predicted octanol–water partition coefficient (Wildman–Crippen LogP) is 7.35. The molecule has 2 nitrogen and oxygen atoms in total. The zero-order chi connectivity index (χ0) is 23.3. The second-order valence-corrected chi connectivity index (χ2v) is 14.4. The Morgan fingerprint density at radius 1 is 0.906 bits per heavy atom. The van der Waals surface area contributed by atoms with Crippen molar-refractivity contribution in [3.05, 3.63) is 11.6 Å². The fourth-order valence-corrected chi connectivity index (χ4v) is 11.1. The van der Waals surface area contributed by atoms with E-state index in [-0.39, 0.29) is 11.5 Å². The molecular formula is C30H48O2. The van der Waals surface area contributed by atoms with E-state index in [4.69, 9.17) is 0 Å². The van der Waals surface area contributed by atoms with E-state index in [9.17, 15) is 9.90 Å². The molecule has 5 saturated carbocycles. The van der Waals surface area contributed by atoms with Gasteiger partial charge in [-0.1, -0.05) is 40.2 Å². The van der Waals surface area contributed by atoms with E-state index in [0.717, 1.165) is 24.3 Å². The fourth-order valence-electron chi connectivity index (χ4n) is 11.1. The summed E-state index contributed by atoms with van der Waals surface area (Å²) in [7, 11) is 0. The quantitative estimate of drug-likeness (QED) is 0.464. The van der Waals surface area contributed by atoms with Crippen molar-refractivity contribution < 1.29 is 9.90 Å². The van der Waals surface area contributed by atoms with Crippen LogP contribution in [0.3, 0.4) is 0 Å². The maximum atomic E-state index is 12.6. The van der Waals surface area contributed by atoms with Crippen LogP contribution < -0.4 is 0 Å². The molecule has 5 aliphatic rings. The van der Waals surface area contributed by atoms with Crippen LogP contribution in [-0.2, 0) is 4.79 Å². The lowest BCUT2D eigenvalue weighted by atomic mass is 9.41. The maximum Gasteiger partial charge on any atom is 0.155 e. The summed E-state index contributed by atoms with van der Waals surface area (Å²) in [4.78, 5) is 12.6. The Morgan fingerprint density at radius 3 is 2.25 bits per heavy atom. The zero-order valence-corrected chi connectivity index (χ0v) is 21.9. The average molecular weight is 441 g/mol. The van der Waals surface area contributed by atoms with Gasteiger partial charge in [-0.25, -0.2) is 0 Å². The molecule has 180 valence electrons. The standard InChI is InChI=1S/C30H48O2/c1-19(2)16-21(31)17-20(3)22-10-12-28(7)24-9-8-23-26(4,5)25(32)11-13-29(23)18-30(24,29)15-14-27(22,28)6/h16,20,22-25,32H,8-15,17-18H2,1-7H3/t20-,22-,23+,24+,25+,27-,28+,29-,30+/m1/s1. The molecule has 0 heterocycles. The SMILES string of the molecule is CC(C)=CC(=O)C[C@@H](C)[C@H]1CC[C@@]2(C)[C@@H]3CC[C@H]4C(C)(C)[C@@H](O)CC[C@@]45C[C@@]35CC[C@]12C. The topological polar surface area (TPSA) is 37.3 Å². The molecular weight excluding hydrogens is 392 g/mol. The summed E-state index contributed by atoms with van der Waals surface area (Å²) in [6.45, 7) is 16.4. The Labute approximate surface area is 197 Å². The van der Waals surface area contributed by atoms with Crippen molar-refractivity contribution in [3.8, 4) is 0 Å². The van der Waals surface area contributed by atoms with Crippen LogP contribution in [0.15, 0.2) is 11.6 Å². The van der Waals surface area contributed by atoms with Crippen LogP contribution >= 0.6 is 0 Å². The number of carbonyl (C=O) groups excluding carboxylic acids is 1. The van der Waals surface area contributed by atoms with Gasteiger partial charge in [0, 0.05) is 6.42 Å². The minimum absolute atomic E-state index is 0.0758. The van der Waals surface area contributed by atoms with Crippen molar-refractivity contribution in [2.45, 2.75) is 119 Å². The third-order valence-corrected chi connectivity index (χ3v) is 12.8. The highest BCUT2D eigenvalue weighted by Crippen LogP contribution is 2.89. The molecule has 9 atom stereocenters. The van der Waals surface area contributed by atoms with Gasteiger partial charge in [0.25, 0.3) is 0 Å². The van der Waals surface area contributed by atoms with Gasteiger partial charge in [-0.3, -0.25) is 4.79 Å². The van der Waals surface area contributed by atoms with E-state index in [1.807, 2.05) is 19.9 Å². The van der Waals surface area contributed by atoms with Gasteiger partial charge in [-0.2, -0.15) is 0 Å². The van der Waals surface area contributed by atoms with Gasteiger partial charge >= 0.3 is 0 Å². The lowest BCUT2D eigenvalue weighted by molar-refractivity contribution is -0.161. The normalized spacial score (nSPS) is 51.5. The summed E-state index contributed by atoms with van der Waals surface area (Å²) in [6, 6.07) is 0. The lowest BCUT2D eigenvalue weighted by Gasteiger charge is -2.63. The predicted molar refractivity (Wildman–Crippen MR) is 131 cm³/mol. The van der Waals surface area contributed by atoms with Gasteiger partial charge in [-0.15, -0.1) is 0 Å². The second kappa shape index (κ2) is 6.96. The number of ketones is 1. The van der Waals surface area contributed by atoms with Crippen LogP contribution in [0, 0.1) is 50.7 Å². The molecule has 0 aromatic rings. The fraction of sp³-hybridized carbons (Fsp3) is 0.900. The zero-order valence-electron chi connectivity index (χ0n) is 21.9. The average Bonchev–Trinajstić information content (AvgIpc) is 3.27. The Hall–Kier alpha value is -0.630. The molecule has 5 rings (SSSR count). The Kier molecular flexibility index (Phi) is 5.03. The molecule has 5 fully saturated rings. The van der Waals surface area contributed by atoms with Crippen molar-refractivity contribution in [2.75, 3.05) is 0 Å². The highest BCUT2D eigenvalue weighted by molar-refractivity contribution is 5.90. The number of aliphatic hydroxyl groups excluding tert-OH is 1. The first kappa shape index (κ1) is 23.1. The molecule has 32 heavy (non-hydrogen) atoms. The second-order valence-electron chi connectivity index (χ2n) is 14.4. The first-order valence-corrected chi connectivity index (χ1v) is 13.7. The van der Waals surface area contributed by atoms with Crippen LogP contribution in [0.4, 0.5) is 0 Å². The van der Waals surface area contributed by atoms with E-state index >= 15 is 0 Å². The molecule has 0 radical (unpaired) electrons. The molecule has 0 aromatic heterocycles. The molecule has 0 saturated heterocycles. The molecule has 0 aliphatic heterocycles. The Morgan fingerprint density at radius 2 is 1.56 bits per heavy atom. The van der Waals surface area contributed by atoms with E-state index in [1.165, 1.54) is 51.4 Å². The van der Waals surface area contributed by atoms with Crippen molar-refractivity contribution in [2.24, 2.45) is 50.7 Å². The monoisotopic (exact) mass is 440 g/mol. The summed E-state index contributed by atoms with van der Waals surface area (Å²) in [6.07, 6.45) is 14.3. The number of hydrogen-bond donors (Lipinski definition) is 1. The maximum absolute atomic E-state index is 12.6. The smallest absolute Gasteiger partial charge is 0.155 e. The van der Waals surface area contributed by atoms with Crippen molar-refractivity contribution in [3.63, 3.8) is 0 Å². The first-order chi connectivity index (χ1) is 14.8. The van der Waals surface area contributed by atoms with Crippen LogP contribution in [0.25, 0.3) is 0 Å². The van der Waals surface area contributed by atoms with Gasteiger partial charge in [0.2, 0.25) is 0 Å². The van der Waals surface area contributed by atoms with Gasteiger partial charge in [0.1, 0.15) is 0 Å². The molecule has 1 N–H and O–H groups in total. The Bertz CT molecular complexity index is 836. The Balaban J connectivity index is 1.42. The van der Waals surface area contributed by atoms with Crippen LogP contribution in [0.1, 0.15) is 113 Å². The number of aliphatic hydroxyl groups is 1. The minimum atomic E-state index is -0.119. The highest BCUT2D eigenvalue weighted by atomic mass is 16.3. The number of hydrogen-bond acceptors (Lipinski definition) is 2. The van der Waals surface area contributed by atoms with E-state index in [0.29, 0.717) is 45.2 Å². The summed E-state index contributed by atoms with van der Waals surface area (Å²) >= 11 is 0. The van der Waals surface area contributed by atoms with Gasteiger partial charge in [0.15, 0.2) is 5.78 Å². The summed E-state index contributed by atoms with van der Waals surface area (Å²) < 4.78 is 0. The summed E-state index contributed by atoms with van der Waals surface area (Å²) in [5.41, 5.74) is 3.06.